The Kier molecular flexibility index (Phi) is 14.8. The molecule has 0 saturated heterocycles. The highest BCUT2D eigenvalue weighted by atomic mass is 32.2. The summed E-state index contributed by atoms with van der Waals surface area (Å²) in [4.78, 5) is 0. The summed E-state index contributed by atoms with van der Waals surface area (Å²) < 4.78 is 28.4. The lowest BCUT2D eigenvalue weighted by atomic mass is 10.1. The van der Waals surface area contributed by atoms with Crippen molar-refractivity contribution in [2.45, 2.75) is 97.3 Å². The van der Waals surface area contributed by atoms with Crippen LogP contribution < -0.4 is 0 Å². The third-order valence-corrected chi connectivity index (χ3v) is 5.07. The summed E-state index contributed by atoms with van der Waals surface area (Å²) in [6.45, 7) is 4.76. The second-order valence-electron chi connectivity index (χ2n) is 5.97. The molecule has 0 unspecified atom stereocenters. The molecular formula is C17H36O3S. The van der Waals surface area contributed by atoms with Gasteiger partial charge in [-0.1, -0.05) is 84.5 Å². The van der Waals surface area contributed by atoms with E-state index in [4.69, 9.17) is 4.18 Å². The van der Waals surface area contributed by atoms with E-state index in [0.717, 1.165) is 32.1 Å². The Morgan fingerprint density at radius 2 is 1.05 bits per heavy atom. The summed E-state index contributed by atoms with van der Waals surface area (Å²) >= 11 is 0. The molecule has 0 N–H and O–H groups in total. The number of rotatable bonds is 16. The summed E-state index contributed by atoms with van der Waals surface area (Å²) in [6.07, 6.45) is 14.8. The van der Waals surface area contributed by atoms with E-state index in [1.54, 1.807) is 0 Å². The molecular weight excluding hydrogens is 284 g/mol. The maximum Gasteiger partial charge on any atom is 0.267 e. The fraction of sp³-hybridized carbons (Fsp3) is 1.00. The highest BCUT2D eigenvalue weighted by Crippen LogP contribution is 2.10. The van der Waals surface area contributed by atoms with Gasteiger partial charge in [-0.3, -0.25) is 4.18 Å². The van der Waals surface area contributed by atoms with Crippen molar-refractivity contribution in [2.24, 2.45) is 0 Å². The predicted octanol–water partition coefficient (Wildman–Crippen LogP) is 5.44. The largest absolute Gasteiger partial charge is 0.270 e. The summed E-state index contributed by atoms with van der Waals surface area (Å²) in [5, 5.41) is 0. The van der Waals surface area contributed by atoms with Gasteiger partial charge in [0.15, 0.2) is 0 Å². The summed E-state index contributed by atoms with van der Waals surface area (Å²) in [5.74, 6) is 0.191. The molecule has 0 radical (unpaired) electrons. The highest BCUT2D eigenvalue weighted by molar-refractivity contribution is 7.86. The van der Waals surface area contributed by atoms with Crippen molar-refractivity contribution in [1.82, 2.24) is 0 Å². The Hall–Kier alpha value is -0.0900. The molecule has 0 bridgehead atoms. The van der Waals surface area contributed by atoms with E-state index in [-0.39, 0.29) is 5.75 Å². The summed E-state index contributed by atoms with van der Waals surface area (Å²) in [5.41, 5.74) is 0. The first-order valence-corrected chi connectivity index (χ1v) is 10.6. The predicted molar refractivity (Wildman–Crippen MR) is 91.1 cm³/mol. The van der Waals surface area contributed by atoms with Crippen molar-refractivity contribution in [2.75, 3.05) is 12.4 Å². The first-order chi connectivity index (χ1) is 10.1. The Bertz CT molecular complexity index is 275. The number of hydrogen-bond acceptors (Lipinski definition) is 3. The Morgan fingerprint density at radius 3 is 1.57 bits per heavy atom. The standard InChI is InChI=1S/C17H36O3S/c1-3-5-7-9-11-13-15-17-21(18,19)20-16-14-12-10-8-6-4-2/h3-17H2,1-2H3. The van der Waals surface area contributed by atoms with Crippen molar-refractivity contribution >= 4 is 10.1 Å². The van der Waals surface area contributed by atoms with Crippen LogP contribution in [0.3, 0.4) is 0 Å². The molecule has 0 heterocycles. The van der Waals surface area contributed by atoms with Gasteiger partial charge < -0.3 is 0 Å². The second-order valence-corrected chi connectivity index (χ2v) is 7.73. The average molecular weight is 321 g/mol. The molecule has 0 aliphatic rings. The van der Waals surface area contributed by atoms with E-state index in [0.29, 0.717) is 6.61 Å². The molecule has 0 saturated carbocycles. The van der Waals surface area contributed by atoms with Crippen molar-refractivity contribution in [3.8, 4) is 0 Å². The van der Waals surface area contributed by atoms with Crippen LogP contribution in [-0.2, 0) is 14.3 Å². The maximum atomic E-state index is 11.7. The molecule has 0 rings (SSSR count). The second kappa shape index (κ2) is 14.8. The van der Waals surface area contributed by atoms with E-state index in [1.165, 1.54) is 51.4 Å². The van der Waals surface area contributed by atoms with Gasteiger partial charge >= 0.3 is 0 Å². The average Bonchev–Trinajstić information content (AvgIpc) is 2.45. The Labute approximate surface area is 133 Å². The van der Waals surface area contributed by atoms with Gasteiger partial charge in [-0.25, -0.2) is 0 Å². The van der Waals surface area contributed by atoms with E-state index in [9.17, 15) is 8.42 Å². The van der Waals surface area contributed by atoms with Crippen LogP contribution in [0.1, 0.15) is 97.3 Å². The highest BCUT2D eigenvalue weighted by Gasteiger charge is 2.10. The van der Waals surface area contributed by atoms with E-state index >= 15 is 0 Å². The zero-order valence-corrected chi connectivity index (χ0v) is 15.1. The Morgan fingerprint density at radius 1 is 0.619 bits per heavy atom. The molecule has 0 aromatic rings. The minimum Gasteiger partial charge on any atom is -0.270 e. The first-order valence-electron chi connectivity index (χ1n) is 8.99. The van der Waals surface area contributed by atoms with Gasteiger partial charge in [0.2, 0.25) is 0 Å². The molecule has 0 aliphatic heterocycles. The zero-order chi connectivity index (χ0) is 15.8. The molecule has 0 atom stereocenters. The van der Waals surface area contributed by atoms with E-state index in [1.807, 2.05) is 0 Å². The van der Waals surface area contributed by atoms with E-state index < -0.39 is 10.1 Å². The van der Waals surface area contributed by atoms with Crippen LogP contribution in [0.2, 0.25) is 0 Å². The van der Waals surface area contributed by atoms with Gasteiger partial charge in [0.05, 0.1) is 12.4 Å². The SMILES string of the molecule is CCCCCCCCCS(=O)(=O)OCCCCCCCC. The molecule has 0 aliphatic carbocycles. The molecule has 128 valence electrons. The van der Waals surface area contributed by atoms with Gasteiger partial charge in [0.1, 0.15) is 0 Å². The van der Waals surface area contributed by atoms with Gasteiger partial charge in [-0.05, 0) is 12.8 Å². The Balaban J connectivity index is 3.39. The van der Waals surface area contributed by atoms with Crippen LogP contribution in [0.15, 0.2) is 0 Å². The molecule has 0 fully saturated rings. The van der Waals surface area contributed by atoms with Crippen LogP contribution in [0.25, 0.3) is 0 Å². The van der Waals surface area contributed by atoms with Crippen molar-refractivity contribution in [3.05, 3.63) is 0 Å². The van der Waals surface area contributed by atoms with Crippen molar-refractivity contribution < 1.29 is 12.6 Å². The topological polar surface area (TPSA) is 43.4 Å². The lowest BCUT2D eigenvalue weighted by Crippen LogP contribution is -2.11. The first kappa shape index (κ1) is 20.9. The molecule has 0 spiro atoms. The fourth-order valence-electron chi connectivity index (χ4n) is 2.36. The van der Waals surface area contributed by atoms with Crippen LogP contribution in [0.4, 0.5) is 0 Å². The molecule has 0 aromatic carbocycles. The van der Waals surface area contributed by atoms with Crippen LogP contribution in [0.5, 0.6) is 0 Å². The number of unbranched alkanes of at least 4 members (excludes halogenated alkanes) is 11. The monoisotopic (exact) mass is 320 g/mol. The van der Waals surface area contributed by atoms with Gasteiger partial charge in [-0.2, -0.15) is 8.42 Å². The van der Waals surface area contributed by atoms with Crippen LogP contribution >= 0.6 is 0 Å². The van der Waals surface area contributed by atoms with Gasteiger partial charge in [0, 0.05) is 0 Å². The minimum atomic E-state index is -3.28. The zero-order valence-electron chi connectivity index (χ0n) is 14.2. The molecule has 21 heavy (non-hydrogen) atoms. The lowest BCUT2D eigenvalue weighted by Gasteiger charge is -2.06. The quantitative estimate of drug-likeness (QED) is 0.281. The van der Waals surface area contributed by atoms with Gasteiger partial charge in [-0.15, -0.1) is 0 Å². The molecule has 3 nitrogen and oxygen atoms in total. The van der Waals surface area contributed by atoms with Gasteiger partial charge in [0.25, 0.3) is 10.1 Å². The third-order valence-electron chi connectivity index (χ3n) is 3.76. The molecule has 0 amide bonds. The van der Waals surface area contributed by atoms with Crippen LogP contribution in [0, 0.1) is 0 Å². The van der Waals surface area contributed by atoms with Crippen molar-refractivity contribution in [3.63, 3.8) is 0 Å². The van der Waals surface area contributed by atoms with E-state index in [2.05, 4.69) is 13.8 Å². The normalized spacial score (nSPS) is 11.9. The third kappa shape index (κ3) is 16.1. The molecule has 0 aromatic heterocycles. The minimum absolute atomic E-state index is 0.191. The fourth-order valence-corrected chi connectivity index (χ4v) is 3.41. The lowest BCUT2D eigenvalue weighted by molar-refractivity contribution is 0.305. The summed E-state index contributed by atoms with van der Waals surface area (Å²) in [6, 6.07) is 0. The number of hydrogen-bond donors (Lipinski definition) is 0. The van der Waals surface area contributed by atoms with Crippen LogP contribution in [-0.4, -0.2) is 20.8 Å². The van der Waals surface area contributed by atoms with Crippen molar-refractivity contribution in [1.29, 1.82) is 0 Å². The molecule has 4 heteroatoms. The summed E-state index contributed by atoms with van der Waals surface area (Å²) in [7, 11) is -3.28. The smallest absolute Gasteiger partial charge is 0.267 e. The maximum absolute atomic E-state index is 11.7.